The van der Waals surface area contributed by atoms with Crippen LogP contribution in [0.25, 0.3) is 16.3 Å². The zero-order chi connectivity index (χ0) is 22.1. The summed E-state index contributed by atoms with van der Waals surface area (Å²) in [7, 11) is 0. The number of hydrogen-bond donors (Lipinski definition) is 1. The quantitative estimate of drug-likeness (QED) is 0.408. The molecule has 1 saturated carbocycles. The van der Waals surface area contributed by atoms with Gasteiger partial charge in [0.1, 0.15) is 6.10 Å². The van der Waals surface area contributed by atoms with Crippen molar-refractivity contribution in [2.24, 2.45) is 0 Å². The number of halogens is 2. The molecule has 2 aliphatic rings. The van der Waals surface area contributed by atoms with Crippen molar-refractivity contribution in [3.63, 3.8) is 0 Å². The molecule has 3 aromatic rings. The number of benzene rings is 3. The molecule has 1 atom stereocenters. The van der Waals surface area contributed by atoms with Gasteiger partial charge in [-0.15, -0.1) is 0 Å². The molecule has 0 radical (unpaired) electrons. The van der Waals surface area contributed by atoms with Crippen LogP contribution in [0.15, 0.2) is 67.2 Å². The maximum Gasteiger partial charge on any atom is 0.201 e. The highest BCUT2D eigenvalue weighted by Gasteiger charge is 2.43. The molecule has 5 rings (SSSR count). The summed E-state index contributed by atoms with van der Waals surface area (Å²) in [6.45, 7) is 4.71. The Morgan fingerprint density at radius 2 is 1.69 bits per heavy atom. The van der Waals surface area contributed by atoms with Gasteiger partial charge in [0.05, 0.1) is 6.61 Å². The molecule has 1 heterocycles. The molecule has 1 saturated heterocycles. The van der Waals surface area contributed by atoms with Crippen LogP contribution in [0.1, 0.15) is 31.2 Å². The molecular weight excluding hydrogens is 445 g/mol. The zero-order valence-corrected chi connectivity index (χ0v) is 19.2. The second-order valence-corrected chi connectivity index (χ2v) is 9.39. The predicted molar refractivity (Wildman–Crippen MR) is 130 cm³/mol. The van der Waals surface area contributed by atoms with E-state index in [1.807, 2.05) is 30.3 Å². The Morgan fingerprint density at radius 1 is 0.969 bits per heavy atom. The van der Waals surface area contributed by atoms with E-state index in [-0.39, 0.29) is 6.10 Å². The maximum atomic E-state index is 6.23. The lowest BCUT2D eigenvalue weighted by atomic mass is 9.89. The molecule has 1 unspecified atom stereocenters. The largest absolute Gasteiger partial charge is 0.382 e. The predicted octanol–water partition coefficient (Wildman–Crippen LogP) is 7.26. The summed E-state index contributed by atoms with van der Waals surface area (Å²) >= 11 is 12.2. The van der Waals surface area contributed by atoms with Gasteiger partial charge in [-0.25, -0.2) is 9.78 Å². The maximum absolute atomic E-state index is 6.23. The van der Waals surface area contributed by atoms with Crippen molar-refractivity contribution in [3.8, 4) is 0 Å². The number of fused-ring (bicyclic) bond motifs is 1. The molecule has 0 aromatic heterocycles. The van der Waals surface area contributed by atoms with E-state index in [1.165, 1.54) is 5.39 Å². The second-order valence-electron chi connectivity index (χ2n) is 8.52. The van der Waals surface area contributed by atoms with Gasteiger partial charge in [0, 0.05) is 34.6 Å². The van der Waals surface area contributed by atoms with Crippen molar-refractivity contribution in [2.45, 2.75) is 43.6 Å². The Bertz CT molecular complexity index is 1110. The minimum Gasteiger partial charge on any atom is -0.382 e. The summed E-state index contributed by atoms with van der Waals surface area (Å²) in [5.41, 5.74) is 2.85. The van der Waals surface area contributed by atoms with Gasteiger partial charge in [-0.2, -0.15) is 0 Å². The summed E-state index contributed by atoms with van der Waals surface area (Å²) in [6.07, 6.45) is 2.93. The molecule has 1 aliphatic carbocycles. The van der Waals surface area contributed by atoms with Gasteiger partial charge >= 0.3 is 0 Å². The number of hydrogen-bond acceptors (Lipinski definition) is 4. The fourth-order valence-electron chi connectivity index (χ4n) is 4.57. The first-order chi connectivity index (χ1) is 15.5. The molecule has 6 heteroatoms. The highest BCUT2D eigenvalue weighted by Crippen LogP contribution is 2.39. The molecule has 32 heavy (non-hydrogen) atoms. The number of ether oxygens (including phenoxy) is 1. The first kappa shape index (κ1) is 21.7. The van der Waals surface area contributed by atoms with Crippen LogP contribution >= 0.6 is 23.2 Å². The van der Waals surface area contributed by atoms with Crippen LogP contribution in [-0.4, -0.2) is 24.5 Å². The van der Waals surface area contributed by atoms with Crippen molar-refractivity contribution in [3.05, 3.63) is 82.9 Å². The summed E-state index contributed by atoms with van der Waals surface area (Å²) in [5.74, 6) is -0.695. The van der Waals surface area contributed by atoms with E-state index in [0.29, 0.717) is 22.7 Å². The van der Waals surface area contributed by atoms with E-state index in [4.69, 9.17) is 37.7 Å². The molecular formula is C26H25Cl2NO3. The standard InChI is InChI=1S/C26H25Cl2NO3/c1-17(23-8-4-6-18-5-2-3-7-24(18)23)25-16-30-26(32-31-25)11-9-21(10-12-26)29-22-14-19(27)13-20(28)15-22/h2-8,13-15,21,25,29H,1,9-12,16H2. The van der Waals surface area contributed by atoms with Crippen LogP contribution in [0.2, 0.25) is 10.0 Å². The Balaban J connectivity index is 1.19. The van der Waals surface area contributed by atoms with Crippen LogP contribution in [0.5, 0.6) is 0 Å². The fraction of sp³-hybridized carbons (Fsp3) is 0.308. The molecule has 0 amide bonds. The molecule has 0 bridgehead atoms. The van der Waals surface area contributed by atoms with Crippen molar-refractivity contribution in [2.75, 3.05) is 11.9 Å². The van der Waals surface area contributed by atoms with Crippen molar-refractivity contribution >= 4 is 45.2 Å². The van der Waals surface area contributed by atoms with Gasteiger partial charge in [-0.1, -0.05) is 72.2 Å². The van der Waals surface area contributed by atoms with Gasteiger partial charge in [0.15, 0.2) is 0 Å². The highest BCUT2D eigenvalue weighted by molar-refractivity contribution is 6.35. The Labute approximate surface area is 198 Å². The first-order valence-corrected chi connectivity index (χ1v) is 11.6. The van der Waals surface area contributed by atoms with Crippen LogP contribution in [0.3, 0.4) is 0 Å². The first-order valence-electron chi connectivity index (χ1n) is 10.9. The van der Waals surface area contributed by atoms with Gasteiger partial charge in [0.2, 0.25) is 5.79 Å². The Morgan fingerprint density at radius 3 is 2.41 bits per heavy atom. The van der Waals surface area contributed by atoms with E-state index in [1.54, 1.807) is 6.07 Å². The third-order valence-electron chi connectivity index (χ3n) is 6.32. The van der Waals surface area contributed by atoms with Gasteiger partial charge in [-0.05, 0) is 52.9 Å². The number of anilines is 1. The van der Waals surface area contributed by atoms with Gasteiger partial charge < -0.3 is 10.1 Å². The summed E-state index contributed by atoms with van der Waals surface area (Å²) in [6, 6.07) is 20.3. The average molecular weight is 470 g/mol. The van der Waals surface area contributed by atoms with Gasteiger partial charge in [-0.3, -0.25) is 0 Å². The molecule has 4 nitrogen and oxygen atoms in total. The lowest BCUT2D eigenvalue weighted by Gasteiger charge is -2.43. The topological polar surface area (TPSA) is 39.7 Å². The lowest BCUT2D eigenvalue weighted by Crippen LogP contribution is -2.49. The lowest BCUT2D eigenvalue weighted by molar-refractivity contribution is -0.483. The van der Waals surface area contributed by atoms with Gasteiger partial charge in [0.25, 0.3) is 0 Å². The molecule has 1 N–H and O–H groups in total. The third-order valence-corrected chi connectivity index (χ3v) is 6.76. The normalized spacial score (nSPS) is 25.7. The molecule has 3 aromatic carbocycles. The monoisotopic (exact) mass is 469 g/mol. The third kappa shape index (κ3) is 4.52. The number of nitrogens with one attached hydrogen (secondary N) is 1. The minimum atomic E-state index is -0.695. The Kier molecular flexibility index (Phi) is 6.15. The van der Waals surface area contributed by atoms with E-state index in [9.17, 15) is 0 Å². The molecule has 2 fully saturated rings. The summed E-state index contributed by atoms with van der Waals surface area (Å²) in [4.78, 5) is 11.7. The summed E-state index contributed by atoms with van der Waals surface area (Å²) in [5, 5.41) is 7.08. The second kappa shape index (κ2) is 9.05. The minimum absolute atomic E-state index is 0.297. The summed E-state index contributed by atoms with van der Waals surface area (Å²) < 4.78 is 6.23. The SMILES string of the molecule is C=C(c1cccc2ccccc12)C1COC2(CCC(Nc3cc(Cl)cc(Cl)c3)CC2)OO1. The van der Waals surface area contributed by atoms with Crippen LogP contribution < -0.4 is 5.32 Å². The Hall–Kier alpha value is -2.08. The van der Waals surface area contributed by atoms with E-state index >= 15 is 0 Å². The average Bonchev–Trinajstić information content (AvgIpc) is 2.80. The van der Waals surface area contributed by atoms with Crippen LogP contribution in [0.4, 0.5) is 5.69 Å². The van der Waals surface area contributed by atoms with E-state index in [0.717, 1.165) is 47.9 Å². The highest BCUT2D eigenvalue weighted by atomic mass is 35.5. The van der Waals surface area contributed by atoms with Crippen molar-refractivity contribution < 1.29 is 14.5 Å². The van der Waals surface area contributed by atoms with Crippen molar-refractivity contribution in [1.82, 2.24) is 0 Å². The smallest absolute Gasteiger partial charge is 0.201 e. The van der Waals surface area contributed by atoms with Crippen LogP contribution in [0, 0.1) is 0 Å². The fourth-order valence-corrected chi connectivity index (χ4v) is 5.09. The van der Waals surface area contributed by atoms with Crippen LogP contribution in [-0.2, 0) is 14.5 Å². The zero-order valence-electron chi connectivity index (χ0n) is 17.7. The van der Waals surface area contributed by atoms with E-state index < -0.39 is 5.79 Å². The van der Waals surface area contributed by atoms with E-state index in [2.05, 4.69) is 36.2 Å². The number of rotatable bonds is 4. The van der Waals surface area contributed by atoms with Crippen molar-refractivity contribution in [1.29, 1.82) is 0 Å². The molecule has 166 valence electrons. The molecule has 1 aliphatic heterocycles. The molecule has 1 spiro atoms.